The summed E-state index contributed by atoms with van der Waals surface area (Å²) in [6, 6.07) is 12.8. The number of halogens is 2. The van der Waals surface area contributed by atoms with Crippen molar-refractivity contribution in [3.05, 3.63) is 57.7 Å². The lowest BCUT2D eigenvalue weighted by Crippen LogP contribution is -2.60. The van der Waals surface area contributed by atoms with E-state index in [4.69, 9.17) is 23.2 Å². The van der Waals surface area contributed by atoms with E-state index in [1.165, 1.54) is 0 Å². The van der Waals surface area contributed by atoms with Gasteiger partial charge in [-0.05, 0) is 62.2 Å². The number of rotatable bonds is 5. The summed E-state index contributed by atoms with van der Waals surface area (Å²) in [4.78, 5) is 17.2. The van der Waals surface area contributed by atoms with E-state index in [-0.39, 0.29) is 30.6 Å². The van der Waals surface area contributed by atoms with Crippen LogP contribution in [0.2, 0.25) is 10.0 Å². The molecule has 5 rings (SSSR count). The van der Waals surface area contributed by atoms with Gasteiger partial charge in [0.25, 0.3) is 0 Å². The highest BCUT2D eigenvalue weighted by atomic mass is 35.5. The number of piperazine rings is 1. The van der Waals surface area contributed by atoms with Gasteiger partial charge in [0.2, 0.25) is 5.91 Å². The van der Waals surface area contributed by atoms with Crippen LogP contribution >= 0.6 is 23.2 Å². The van der Waals surface area contributed by atoms with Crippen LogP contribution in [0.15, 0.2) is 36.4 Å². The van der Waals surface area contributed by atoms with Gasteiger partial charge in [-0.1, -0.05) is 35.7 Å². The second-order valence-corrected chi connectivity index (χ2v) is 10.6. The zero-order chi connectivity index (χ0) is 26.1. The van der Waals surface area contributed by atoms with Crippen LogP contribution in [0.4, 0.5) is 5.69 Å². The van der Waals surface area contributed by atoms with Crippen LogP contribution in [-0.2, 0) is 4.79 Å². The maximum absolute atomic E-state index is 13.2. The van der Waals surface area contributed by atoms with Crippen molar-refractivity contribution in [2.24, 2.45) is 0 Å². The summed E-state index contributed by atoms with van der Waals surface area (Å²) in [6.07, 6.45) is 2.98. The molecule has 2 fully saturated rings. The first kappa shape index (κ1) is 25.8. The number of fused-ring (bicyclic) bond motifs is 1. The summed E-state index contributed by atoms with van der Waals surface area (Å²) in [6.45, 7) is 4.47. The Hall–Kier alpha value is -2.83. The number of amides is 1. The Morgan fingerprint density at radius 3 is 2.78 bits per heavy atom. The molecule has 0 saturated carbocycles. The van der Waals surface area contributed by atoms with Crippen LogP contribution in [0.5, 0.6) is 0 Å². The van der Waals surface area contributed by atoms with Crippen LogP contribution in [0.3, 0.4) is 0 Å². The van der Waals surface area contributed by atoms with E-state index in [0.29, 0.717) is 35.4 Å². The largest absolute Gasteiger partial charge is 0.394 e. The number of aliphatic hydroxyl groups is 1. The van der Waals surface area contributed by atoms with Gasteiger partial charge in [-0.15, -0.1) is 0 Å². The molecule has 2 aliphatic rings. The Kier molecular flexibility index (Phi) is 7.59. The molecule has 0 radical (unpaired) electrons. The molecule has 3 atom stereocenters. The van der Waals surface area contributed by atoms with Gasteiger partial charge in [-0.3, -0.25) is 9.48 Å². The number of nitrogens with one attached hydrogen (secondary N) is 1. The second kappa shape index (κ2) is 10.9. The number of hydrogen-bond acceptors (Lipinski definition) is 6. The second-order valence-electron chi connectivity index (χ2n) is 9.76. The molecule has 3 heterocycles. The molecular formula is C27H30Cl2N6O2. The molecule has 1 aromatic heterocycles. The number of nitriles is 1. The number of aliphatic hydroxyl groups excluding tert-OH is 1. The molecule has 194 valence electrons. The van der Waals surface area contributed by atoms with Gasteiger partial charge in [0.05, 0.1) is 30.2 Å². The van der Waals surface area contributed by atoms with E-state index < -0.39 is 0 Å². The minimum absolute atomic E-state index is 0.0826. The molecule has 0 spiro atoms. The highest BCUT2D eigenvalue weighted by molar-refractivity contribution is 6.35. The number of carbonyl (C=O) groups excluding carboxylic acids is 1. The van der Waals surface area contributed by atoms with Crippen LogP contribution in [0, 0.1) is 11.3 Å². The standard InChI is InChI=1S/C27H30Cl2N6O2/c1-17(21-7-5-18(28)12-23(21)29)35-26-13-19(6-8-22(26)25(14-30)32-35)33-10-11-34(20(15-33)16-36)27(37)24-4-2-3-9-31-24/h5-8,12-13,17,20,24,31,36H,2-4,9-11,15-16H2,1H3. The molecule has 8 nitrogen and oxygen atoms in total. The van der Waals surface area contributed by atoms with Crippen molar-refractivity contribution >= 4 is 45.7 Å². The summed E-state index contributed by atoms with van der Waals surface area (Å²) in [5.74, 6) is 0.0826. The molecule has 0 aliphatic carbocycles. The van der Waals surface area contributed by atoms with E-state index in [9.17, 15) is 15.2 Å². The molecule has 0 bridgehead atoms. The number of anilines is 1. The fourth-order valence-electron chi connectivity index (χ4n) is 5.47. The van der Waals surface area contributed by atoms with Crippen molar-refractivity contribution < 1.29 is 9.90 Å². The summed E-state index contributed by atoms with van der Waals surface area (Å²) >= 11 is 12.6. The number of benzene rings is 2. The summed E-state index contributed by atoms with van der Waals surface area (Å²) < 4.78 is 1.82. The summed E-state index contributed by atoms with van der Waals surface area (Å²) in [7, 11) is 0. The first-order valence-corrected chi connectivity index (χ1v) is 13.4. The molecule has 37 heavy (non-hydrogen) atoms. The van der Waals surface area contributed by atoms with E-state index >= 15 is 0 Å². The van der Waals surface area contributed by atoms with Gasteiger partial charge < -0.3 is 20.2 Å². The van der Waals surface area contributed by atoms with Crippen molar-refractivity contribution in [1.29, 1.82) is 5.26 Å². The maximum atomic E-state index is 13.2. The zero-order valence-electron chi connectivity index (χ0n) is 20.7. The first-order chi connectivity index (χ1) is 17.9. The van der Waals surface area contributed by atoms with Crippen molar-refractivity contribution in [1.82, 2.24) is 20.0 Å². The fourth-order valence-corrected chi connectivity index (χ4v) is 6.04. The van der Waals surface area contributed by atoms with E-state index in [1.54, 1.807) is 12.1 Å². The molecule has 10 heteroatoms. The number of hydrogen-bond donors (Lipinski definition) is 2. The number of carbonyl (C=O) groups is 1. The minimum Gasteiger partial charge on any atom is -0.394 e. The smallest absolute Gasteiger partial charge is 0.240 e. The lowest BCUT2D eigenvalue weighted by Gasteiger charge is -2.43. The number of piperidine rings is 1. The molecule has 3 aromatic rings. The predicted octanol–water partition coefficient (Wildman–Crippen LogP) is 3.98. The quantitative estimate of drug-likeness (QED) is 0.508. The van der Waals surface area contributed by atoms with E-state index in [2.05, 4.69) is 21.4 Å². The molecule has 1 amide bonds. The third kappa shape index (κ3) is 5.01. The zero-order valence-corrected chi connectivity index (χ0v) is 22.2. The normalized spacial score (nSPS) is 21.2. The molecule has 2 aromatic carbocycles. The number of nitrogens with zero attached hydrogens (tertiary/aromatic N) is 5. The Morgan fingerprint density at radius 2 is 2.08 bits per heavy atom. The lowest BCUT2D eigenvalue weighted by molar-refractivity contribution is -0.137. The van der Waals surface area contributed by atoms with Crippen LogP contribution in [-0.4, -0.2) is 70.6 Å². The monoisotopic (exact) mass is 540 g/mol. The fraction of sp³-hybridized carbons (Fsp3) is 0.444. The third-order valence-corrected chi connectivity index (χ3v) is 8.09. The minimum atomic E-state index is -0.285. The molecule has 2 N–H and O–H groups in total. The van der Waals surface area contributed by atoms with Gasteiger partial charge >= 0.3 is 0 Å². The summed E-state index contributed by atoms with van der Waals surface area (Å²) in [5, 5.41) is 29.7. The molecule has 2 aliphatic heterocycles. The Labute approximate surface area is 226 Å². The first-order valence-electron chi connectivity index (χ1n) is 12.7. The maximum Gasteiger partial charge on any atom is 0.240 e. The van der Waals surface area contributed by atoms with Crippen molar-refractivity contribution in [2.45, 2.75) is 44.3 Å². The molecular weight excluding hydrogens is 511 g/mol. The van der Waals surface area contributed by atoms with Gasteiger partial charge in [0.1, 0.15) is 6.07 Å². The van der Waals surface area contributed by atoms with Gasteiger partial charge in [-0.25, -0.2) is 0 Å². The van der Waals surface area contributed by atoms with Crippen LogP contribution in [0.25, 0.3) is 10.9 Å². The topological polar surface area (TPSA) is 97.4 Å². The highest BCUT2D eigenvalue weighted by Crippen LogP contribution is 2.33. The highest BCUT2D eigenvalue weighted by Gasteiger charge is 2.34. The van der Waals surface area contributed by atoms with Gasteiger partial charge in [0, 0.05) is 40.8 Å². The van der Waals surface area contributed by atoms with Crippen molar-refractivity contribution in [2.75, 3.05) is 37.7 Å². The predicted molar refractivity (Wildman–Crippen MR) is 145 cm³/mol. The Morgan fingerprint density at radius 1 is 1.24 bits per heavy atom. The van der Waals surface area contributed by atoms with Crippen LogP contribution < -0.4 is 10.2 Å². The summed E-state index contributed by atoms with van der Waals surface area (Å²) in [5.41, 5.74) is 2.98. The molecule has 2 saturated heterocycles. The van der Waals surface area contributed by atoms with Crippen molar-refractivity contribution in [3.63, 3.8) is 0 Å². The number of aromatic nitrogens is 2. The van der Waals surface area contributed by atoms with Crippen molar-refractivity contribution in [3.8, 4) is 6.07 Å². The van der Waals surface area contributed by atoms with Gasteiger partial charge in [0.15, 0.2) is 5.69 Å². The lowest BCUT2D eigenvalue weighted by atomic mass is 10.0. The third-order valence-electron chi connectivity index (χ3n) is 7.53. The van der Waals surface area contributed by atoms with Crippen LogP contribution in [0.1, 0.15) is 43.5 Å². The Balaban J connectivity index is 1.43. The van der Waals surface area contributed by atoms with Gasteiger partial charge in [-0.2, -0.15) is 10.4 Å². The Bertz CT molecular complexity index is 1350. The average molecular weight is 541 g/mol. The van der Waals surface area contributed by atoms with E-state index in [0.717, 1.165) is 48.0 Å². The SMILES string of the molecule is CC(c1ccc(Cl)cc1Cl)n1nc(C#N)c2ccc(N3CCN(C(=O)C4CCCCN4)C(CO)C3)cc21. The molecule has 3 unspecified atom stereocenters. The average Bonchev–Trinajstić information content (AvgIpc) is 3.30. The van der Waals surface area contributed by atoms with E-state index in [1.807, 2.05) is 40.8 Å².